The van der Waals surface area contributed by atoms with Crippen LogP contribution in [-0.4, -0.2) is 23.6 Å². The number of nitrogens with zero attached hydrogens (tertiary/aromatic N) is 2. The van der Waals surface area contributed by atoms with Crippen molar-refractivity contribution >= 4 is 21.9 Å². The van der Waals surface area contributed by atoms with E-state index in [0.29, 0.717) is 17.2 Å². The van der Waals surface area contributed by atoms with Gasteiger partial charge in [0.05, 0.1) is 17.8 Å². The number of nitrogens with one attached hydrogen (secondary N) is 1. The summed E-state index contributed by atoms with van der Waals surface area (Å²) in [5, 5.41) is 3.31. The Kier molecular flexibility index (Phi) is 3.86. The first-order chi connectivity index (χ1) is 8.13. The first kappa shape index (κ1) is 12.6. The van der Waals surface area contributed by atoms with Gasteiger partial charge in [-0.1, -0.05) is 19.8 Å². The van der Waals surface area contributed by atoms with E-state index in [2.05, 4.69) is 38.1 Å². The van der Waals surface area contributed by atoms with Gasteiger partial charge in [0.2, 0.25) is 11.8 Å². The number of hydrogen-bond acceptors (Lipinski definition) is 4. The lowest BCUT2D eigenvalue weighted by molar-refractivity contribution is 0.360. The SMILES string of the molecule is COc1nc(NCC2(C)CCCC2)ncc1Br. The quantitative estimate of drug-likeness (QED) is 0.927. The minimum atomic E-state index is 0.393. The summed E-state index contributed by atoms with van der Waals surface area (Å²) in [5.41, 5.74) is 0.393. The van der Waals surface area contributed by atoms with Crippen LogP contribution in [0.4, 0.5) is 5.95 Å². The van der Waals surface area contributed by atoms with Gasteiger partial charge >= 0.3 is 0 Å². The van der Waals surface area contributed by atoms with Gasteiger partial charge in [-0.2, -0.15) is 4.98 Å². The maximum Gasteiger partial charge on any atom is 0.232 e. The summed E-state index contributed by atoms with van der Waals surface area (Å²) in [6.45, 7) is 3.25. The van der Waals surface area contributed by atoms with Crippen LogP contribution < -0.4 is 10.1 Å². The molecule has 0 radical (unpaired) electrons. The Hall–Kier alpha value is -0.840. The monoisotopic (exact) mass is 299 g/mol. The summed E-state index contributed by atoms with van der Waals surface area (Å²) in [6, 6.07) is 0. The second-order valence-electron chi connectivity index (χ2n) is 4.92. The number of anilines is 1. The predicted molar refractivity (Wildman–Crippen MR) is 71.3 cm³/mol. The average molecular weight is 300 g/mol. The van der Waals surface area contributed by atoms with Crippen molar-refractivity contribution in [1.82, 2.24) is 9.97 Å². The van der Waals surface area contributed by atoms with Crippen molar-refractivity contribution in [2.24, 2.45) is 5.41 Å². The Bertz CT molecular complexity index is 391. The highest BCUT2D eigenvalue weighted by Crippen LogP contribution is 2.37. The van der Waals surface area contributed by atoms with E-state index in [4.69, 9.17) is 4.74 Å². The Morgan fingerprint density at radius 3 is 2.82 bits per heavy atom. The van der Waals surface area contributed by atoms with Crippen LogP contribution >= 0.6 is 15.9 Å². The molecule has 1 aromatic heterocycles. The van der Waals surface area contributed by atoms with E-state index >= 15 is 0 Å². The van der Waals surface area contributed by atoms with E-state index in [1.54, 1.807) is 13.3 Å². The fraction of sp³-hybridized carbons (Fsp3) is 0.667. The van der Waals surface area contributed by atoms with Crippen LogP contribution in [0, 0.1) is 5.41 Å². The highest BCUT2D eigenvalue weighted by Gasteiger charge is 2.28. The van der Waals surface area contributed by atoms with Gasteiger partial charge in [-0.05, 0) is 34.2 Å². The highest BCUT2D eigenvalue weighted by atomic mass is 79.9. The zero-order valence-corrected chi connectivity index (χ0v) is 11.9. The number of methoxy groups -OCH3 is 1. The van der Waals surface area contributed by atoms with Gasteiger partial charge in [-0.15, -0.1) is 0 Å². The summed E-state index contributed by atoms with van der Waals surface area (Å²) >= 11 is 3.34. The minimum absolute atomic E-state index is 0.393. The topological polar surface area (TPSA) is 47.0 Å². The molecule has 1 N–H and O–H groups in total. The van der Waals surface area contributed by atoms with Crippen molar-refractivity contribution in [3.05, 3.63) is 10.7 Å². The summed E-state index contributed by atoms with van der Waals surface area (Å²) in [7, 11) is 1.61. The van der Waals surface area contributed by atoms with Gasteiger partial charge < -0.3 is 10.1 Å². The summed E-state index contributed by atoms with van der Waals surface area (Å²) < 4.78 is 5.92. The molecule has 1 heterocycles. The van der Waals surface area contributed by atoms with E-state index in [1.807, 2.05) is 0 Å². The van der Waals surface area contributed by atoms with E-state index in [-0.39, 0.29) is 0 Å². The minimum Gasteiger partial charge on any atom is -0.480 e. The van der Waals surface area contributed by atoms with Crippen molar-refractivity contribution in [3.8, 4) is 5.88 Å². The number of hydrogen-bond donors (Lipinski definition) is 1. The van der Waals surface area contributed by atoms with Crippen molar-refractivity contribution in [1.29, 1.82) is 0 Å². The van der Waals surface area contributed by atoms with Gasteiger partial charge in [-0.25, -0.2) is 4.98 Å². The van der Waals surface area contributed by atoms with Crippen LogP contribution in [0.1, 0.15) is 32.6 Å². The summed E-state index contributed by atoms with van der Waals surface area (Å²) in [4.78, 5) is 8.52. The molecule has 1 fully saturated rings. The van der Waals surface area contributed by atoms with Crippen LogP contribution in [0.2, 0.25) is 0 Å². The molecule has 5 heteroatoms. The predicted octanol–water partition coefficient (Wildman–Crippen LogP) is 3.24. The molecule has 2 rings (SSSR count). The van der Waals surface area contributed by atoms with Crippen molar-refractivity contribution < 1.29 is 4.74 Å². The van der Waals surface area contributed by atoms with E-state index in [9.17, 15) is 0 Å². The third-order valence-electron chi connectivity index (χ3n) is 3.39. The third kappa shape index (κ3) is 3.09. The molecule has 0 atom stereocenters. The molecule has 1 aliphatic carbocycles. The molecular formula is C12H18BrN3O. The molecule has 0 aromatic carbocycles. The Labute approximate surface area is 110 Å². The first-order valence-corrected chi connectivity index (χ1v) is 6.73. The van der Waals surface area contributed by atoms with Gasteiger partial charge in [0, 0.05) is 6.54 Å². The van der Waals surface area contributed by atoms with E-state index < -0.39 is 0 Å². The van der Waals surface area contributed by atoms with Crippen molar-refractivity contribution in [3.63, 3.8) is 0 Å². The number of halogens is 1. The van der Waals surface area contributed by atoms with Gasteiger partial charge in [0.15, 0.2) is 0 Å². The maximum atomic E-state index is 5.14. The van der Waals surface area contributed by atoms with Crippen LogP contribution in [-0.2, 0) is 0 Å². The van der Waals surface area contributed by atoms with Gasteiger partial charge in [0.25, 0.3) is 0 Å². The van der Waals surface area contributed by atoms with Crippen molar-refractivity contribution in [2.45, 2.75) is 32.6 Å². The molecule has 1 aliphatic rings. The number of ether oxygens (including phenoxy) is 1. The lowest BCUT2D eigenvalue weighted by Gasteiger charge is -2.23. The molecular weight excluding hydrogens is 282 g/mol. The molecule has 94 valence electrons. The summed E-state index contributed by atoms with van der Waals surface area (Å²) in [6.07, 6.45) is 6.96. The Morgan fingerprint density at radius 1 is 1.47 bits per heavy atom. The Balaban J connectivity index is 1.99. The van der Waals surface area contributed by atoms with E-state index in [1.165, 1.54) is 25.7 Å². The standard InChI is InChI=1S/C12H18BrN3O/c1-12(5-3-4-6-12)8-15-11-14-7-9(13)10(16-11)17-2/h7H,3-6,8H2,1-2H3,(H,14,15,16). The highest BCUT2D eigenvalue weighted by molar-refractivity contribution is 9.10. The number of aromatic nitrogens is 2. The fourth-order valence-corrected chi connectivity index (χ4v) is 2.63. The molecule has 1 aromatic rings. The third-order valence-corrected chi connectivity index (χ3v) is 3.93. The molecule has 1 saturated carbocycles. The zero-order chi connectivity index (χ0) is 12.3. The lowest BCUT2D eigenvalue weighted by atomic mass is 9.89. The second-order valence-corrected chi connectivity index (χ2v) is 5.78. The molecule has 0 unspecified atom stereocenters. The van der Waals surface area contributed by atoms with Crippen LogP contribution in [0.5, 0.6) is 5.88 Å². The Morgan fingerprint density at radius 2 is 2.18 bits per heavy atom. The van der Waals surface area contributed by atoms with Gasteiger partial charge in [0.1, 0.15) is 0 Å². The molecule has 0 amide bonds. The molecule has 17 heavy (non-hydrogen) atoms. The smallest absolute Gasteiger partial charge is 0.232 e. The summed E-state index contributed by atoms with van der Waals surface area (Å²) in [5.74, 6) is 1.21. The molecule has 0 spiro atoms. The molecule has 0 saturated heterocycles. The lowest BCUT2D eigenvalue weighted by Crippen LogP contribution is -2.23. The van der Waals surface area contributed by atoms with E-state index in [0.717, 1.165) is 11.0 Å². The molecule has 0 aliphatic heterocycles. The average Bonchev–Trinajstić information content (AvgIpc) is 2.76. The number of rotatable bonds is 4. The largest absolute Gasteiger partial charge is 0.480 e. The van der Waals surface area contributed by atoms with Crippen LogP contribution in [0.3, 0.4) is 0 Å². The van der Waals surface area contributed by atoms with Crippen LogP contribution in [0.25, 0.3) is 0 Å². The normalized spacial score (nSPS) is 18.1. The van der Waals surface area contributed by atoms with Crippen LogP contribution in [0.15, 0.2) is 10.7 Å². The van der Waals surface area contributed by atoms with Crippen molar-refractivity contribution in [2.75, 3.05) is 19.0 Å². The second kappa shape index (κ2) is 5.21. The zero-order valence-electron chi connectivity index (χ0n) is 10.3. The molecule has 0 bridgehead atoms. The first-order valence-electron chi connectivity index (χ1n) is 5.93. The maximum absolute atomic E-state index is 5.14. The molecule has 4 nitrogen and oxygen atoms in total. The van der Waals surface area contributed by atoms with Gasteiger partial charge in [-0.3, -0.25) is 0 Å². The fourth-order valence-electron chi connectivity index (χ4n) is 2.28.